The van der Waals surface area contributed by atoms with Gasteiger partial charge in [-0.2, -0.15) is 0 Å². The van der Waals surface area contributed by atoms with Crippen LogP contribution in [0.25, 0.3) is 21.9 Å². The fourth-order valence-corrected chi connectivity index (χ4v) is 6.46. The Morgan fingerprint density at radius 1 is 1.09 bits per heavy atom. The second-order valence-electron chi connectivity index (χ2n) is 11.0. The van der Waals surface area contributed by atoms with Gasteiger partial charge in [-0.3, -0.25) is 9.59 Å². The van der Waals surface area contributed by atoms with Crippen LogP contribution in [0.3, 0.4) is 0 Å². The molecule has 6 rings (SSSR count). The lowest BCUT2D eigenvalue weighted by Crippen LogP contribution is -2.48. The maximum Gasteiger partial charge on any atom is 0.415 e. The fourth-order valence-electron chi connectivity index (χ4n) is 5.93. The predicted molar refractivity (Wildman–Crippen MR) is 164 cm³/mol. The maximum atomic E-state index is 14.0. The molecule has 0 saturated carbocycles. The number of rotatable bonds is 5. The van der Waals surface area contributed by atoms with Crippen molar-refractivity contribution in [3.63, 3.8) is 0 Å². The van der Waals surface area contributed by atoms with Crippen LogP contribution in [0.1, 0.15) is 55.4 Å². The summed E-state index contributed by atoms with van der Waals surface area (Å²) in [6.45, 7) is 6.03. The Bertz CT molecular complexity index is 1800. The average Bonchev–Trinajstić information content (AvgIpc) is 3.69. The molecule has 0 spiro atoms. The number of aromatic amines is 1. The first-order valence-corrected chi connectivity index (χ1v) is 15.1. The Kier molecular flexibility index (Phi) is 7.51. The molecule has 0 radical (unpaired) electrons. The van der Waals surface area contributed by atoms with Gasteiger partial charge in [-0.1, -0.05) is 15.9 Å². The van der Waals surface area contributed by atoms with Crippen LogP contribution in [0.2, 0.25) is 0 Å². The molecule has 12 heteroatoms. The van der Waals surface area contributed by atoms with E-state index < -0.39 is 18.0 Å². The van der Waals surface area contributed by atoms with Crippen molar-refractivity contribution in [2.24, 2.45) is 0 Å². The van der Waals surface area contributed by atoms with Gasteiger partial charge in [0.2, 0.25) is 0 Å². The van der Waals surface area contributed by atoms with Crippen LogP contribution in [0, 0.1) is 6.92 Å². The maximum absolute atomic E-state index is 14.0. The monoisotopic (exact) mass is 650 g/mol. The van der Waals surface area contributed by atoms with Crippen LogP contribution < -0.4 is 9.64 Å². The number of fused-ring (bicyclic) bond motifs is 4. The summed E-state index contributed by atoms with van der Waals surface area (Å²) in [5.74, 6) is -0.893. The number of Topliss-reactive ketones (excluding diaryl/α,β-unsaturated/α-hetero) is 1. The Morgan fingerprint density at radius 3 is 2.51 bits per heavy atom. The zero-order chi connectivity index (χ0) is 30.6. The number of anilines is 1. The molecule has 4 aromatic rings. The highest BCUT2D eigenvalue weighted by Gasteiger charge is 2.39. The first kappa shape index (κ1) is 28.9. The number of ether oxygens (including phenoxy) is 2. The quantitative estimate of drug-likeness (QED) is 0.180. The number of nitrogens with one attached hydrogen (secondary N) is 1. The summed E-state index contributed by atoms with van der Waals surface area (Å²) in [5, 5.41) is 1.70. The van der Waals surface area contributed by atoms with E-state index in [4.69, 9.17) is 13.9 Å². The lowest BCUT2D eigenvalue weighted by molar-refractivity contribution is 0.0601. The van der Waals surface area contributed by atoms with Crippen molar-refractivity contribution in [1.29, 1.82) is 0 Å². The minimum atomic E-state index is -0.537. The molecule has 0 bridgehead atoms. The van der Waals surface area contributed by atoms with Gasteiger partial charge in [0.1, 0.15) is 5.58 Å². The SMILES string of the molecule is COC(=O)c1c(C)[nH]c2c(OC(=O)N3CCN(C)CC3)cc3c(c12)C(CBr)CN3C(=O)c1cc2cc(C(C)=O)ccc2o1. The lowest BCUT2D eigenvalue weighted by Gasteiger charge is -2.31. The number of piperazine rings is 1. The first-order chi connectivity index (χ1) is 20.6. The van der Waals surface area contributed by atoms with Crippen LogP contribution in [-0.4, -0.2) is 90.7 Å². The third-order valence-electron chi connectivity index (χ3n) is 8.26. The second kappa shape index (κ2) is 11.2. The number of aryl methyl sites for hydroxylation is 1. The number of halogens is 1. The molecule has 224 valence electrons. The summed E-state index contributed by atoms with van der Waals surface area (Å²) >= 11 is 3.60. The summed E-state index contributed by atoms with van der Waals surface area (Å²) in [6.07, 6.45) is -0.507. The van der Waals surface area contributed by atoms with Crippen LogP contribution >= 0.6 is 15.9 Å². The smallest absolute Gasteiger partial charge is 0.415 e. The molecule has 1 N–H and O–H groups in total. The normalized spacial score (nSPS) is 17.0. The van der Waals surface area contributed by atoms with E-state index in [1.165, 1.54) is 14.0 Å². The van der Waals surface area contributed by atoms with Crippen molar-refractivity contribution >= 4 is 67.2 Å². The summed E-state index contributed by atoms with van der Waals surface area (Å²) < 4.78 is 17.0. The van der Waals surface area contributed by atoms with E-state index >= 15 is 0 Å². The van der Waals surface area contributed by atoms with Crippen molar-refractivity contribution in [2.75, 3.05) is 57.1 Å². The molecule has 2 aromatic carbocycles. The number of H-pyrrole nitrogens is 1. The highest BCUT2D eigenvalue weighted by atomic mass is 79.9. The van der Waals surface area contributed by atoms with Gasteiger partial charge in [-0.05, 0) is 50.7 Å². The van der Waals surface area contributed by atoms with Gasteiger partial charge in [-0.25, -0.2) is 9.59 Å². The number of methoxy groups -OCH3 is 1. The number of esters is 1. The van der Waals surface area contributed by atoms with Crippen molar-refractivity contribution in [3.05, 3.63) is 58.5 Å². The zero-order valence-corrected chi connectivity index (χ0v) is 25.9. The molecule has 2 aromatic heterocycles. The summed E-state index contributed by atoms with van der Waals surface area (Å²) in [6, 6.07) is 8.33. The average molecular weight is 652 g/mol. The number of furan rings is 1. The van der Waals surface area contributed by atoms with Crippen LogP contribution in [-0.2, 0) is 4.74 Å². The number of hydrogen-bond donors (Lipinski definition) is 1. The molecule has 43 heavy (non-hydrogen) atoms. The number of carbonyl (C=O) groups excluding carboxylic acids is 4. The Balaban J connectivity index is 1.47. The molecule has 1 atom stereocenters. The van der Waals surface area contributed by atoms with Crippen LogP contribution in [0.5, 0.6) is 5.75 Å². The number of likely N-dealkylation sites (N-methyl/N-ethyl adjacent to an activating group) is 1. The minimum absolute atomic E-state index is 0.0875. The number of nitrogens with zero attached hydrogens (tertiary/aromatic N) is 3. The molecule has 1 unspecified atom stereocenters. The molecule has 4 heterocycles. The van der Waals surface area contributed by atoms with Crippen molar-refractivity contribution < 1.29 is 33.1 Å². The largest absolute Gasteiger partial charge is 0.465 e. The number of amides is 2. The number of aromatic nitrogens is 1. The summed E-state index contributed by atoms with van der Waals surface area (Å²) in [4.78, 5) is 60.8. The number of alkyl halides is 1. The molecule has 0 aliphatic carbocycles. The first-order valence-electron chi connectivity index (χ1n) is 14.0. The predicted octanol–water partition coefficient (Wildman–Crippen LogP) is 5.10. The molecule has 1 fully saturated rings. The van der Waals surface area contributed by atoms with Crippen LogP contribution in [0.15, 0.2) is 34.7 Å². The zero-order valence-electron chi connectivity index (χ0n) is 24.3. The van der Waals surface area contributed by atoms with Gasteiger partial charge in [0.05, 0.1) is 23.9 Å². The van der Waals surface area contributed by atoms with Gasteiger partial charge in [0, 0.05) is 72.1 Å². The van der Waals surface area contributed by atoms with Crippen molar-refractivity contribution in [2.45, 2.75) is 19.8 Å². The van der Waals surface area contributed by atoms with E-state index in [0.29, 0.717) is 69.3 Å². The van der Waals surface area contributed by atoms with Crippen LogP contribution in [0.4, 0.5) is 10.5 Å². The minimum Gasteiger partial charge on any atom is -0.465 e. The highest BCUT2D eigenvalue weighted by molar-refractivity contribution is 9.09. The molecular weight excluding hydrogens is 620 g/mol. The van der Waals surface area contributed by atoms with Gasteiger partial charge in [0.25, 0.3) is 5.91 Å². The van der Waals surface area contributed by atoms with Crippen molar-refractivity contribution in [1.82, 2.24) is 14.8 Å². The molecule has 2 aliphatic heterocycles. The Morgan fingerprint density at radius 2 is 1.84 bits per heavy atom. The topological polar surface area (TPSA) is 125 Å². The summed E-state index contributed by atoms with van der Waals surface area (Å²) in [7, 11) is 3.31. The van der Waals surface area contributed by atoms with Gasteiger partial charge >= 0.3 is 12.1 Å². The van der Waals surface area contributed by atoms with E-state index in [-0.39, 0.29) is 23.2 Å². The fraction of sp³-hybridized carbons (Fsp3) is 0.355. The van der Waals surface area contributed by atoms with E-state index in [0.717, 1.165) is 18.7 Å². The molecule has 1 saturated heterocycles. The van der Waals surface area contributed by atoms with E-state index in [1.807, 2.05) is 7.05 Å². The second-order valence-corrected chi connectivity index (χ2v) is 11.7. The number of hydrogen-bond acceptors (Lipinski definition) is 8. The third-order valence-corrected chi connectivity index (χ3v) is 9.04. The number of ketones is 1. The highest BCUT2D eigenvalue weighted by Crippen LogP contribution is 2.48. The molecule has 2 aliphatic rings. The van der Waals surface area contributed by atoms with Gasteiger partial charge in [0.15, 0.2) is 17.3 Å². The van der Waals surface area contributed by atoms with E-state index in [2.05, 4.69) is 25.8 Å². The standard InChI is InChI=1S/C31H31BrN4O7/c1-16-25(30(39)41-4)27-26-20(14-32)15-36(29(38)24-12-19-11-18(17(2)37)5-6-22(19)42-24)21(26)13-23(28(27)33-16)43-31(40)35-9-7-34(3)8-10-35/h5-6,11-13,20,33H,7-10,14-15H2,1-4H3. The van der Waals surface area contributed by atoms with Crippen molar-refractivity contribution in [3.8, 4) is 5.75 Å². The lowest BCUT2D eigenvalue weighted by atomic mass is 9.95. The summed E-state index contributed by atoms with van der Waals surface area (Å²) in [5.41, 5.74) is 3.65. The molecular formula is C31H31BrN4O7. The van der Waals surface area contributed by atoms with Gasteiger partial charge < -0.3 is 33.6 Å². The third kappa shape index (κ3) is 4.98. The Hall–Kier alpha value is -4.16. The number of benzene rings is 2. The van der Waals surface area contributed by atoms with E-state index in [1.54, 1.807) is 47.1 Å². The molecule has 11 nitrogen and oxygen atoms in total. The van der Waals surface area contributed by atoms with E-state index in [9.17, 15) is 19.2 Å². The molecule has 2 amide bonds. The number of carbonyl (C=O) groups is 4. The van der Waals surface area contributed by atoms with Gasteiger partial charge in [-0.15, -0.1) is 0 Å². The Labute approximate surface area is 255 Å².